The third kappa shape index (κ3) is 4.42. The first-order chi connectivity index (χ1) is 8.56. The highest BCUT2D eigenvalue weighted by molar-refractivity contribution is 7.14. The minimum atomic E-state index is -0.289. The van der Waals surface area contributed by atoms with Crippen LogP contribution in [0.4, 0.5) is 5.13 Å². The number of thiazole rings is 1. The van der Waals surface area contributed by atoms with Crippen LogP contribution in [0.15, 0.2) is 5.38 Å². The number of rotatable bonds is 6. The lowest BCUT2D eigenvalue weighted by Gasteiger charge is -2.14. The van der Waals surface area contributed by atoms with Crippen LogP contribution >= 0.6 is 11.3 Å². The Bertz CT molecular complexity index is 419. The van der Waals surface area contributed by atoms with Crippen molar-refractivity contribution in [2.45, 2.75) is 32.7 Å². The topological polar surface area (TPSA) is 91.3 Å². The second-order valence-electron chi connectivity index (χ2n) is 3.81. The van der Waals surface area contributed by atoms with Crippen LogP contribution in [-0.4, -0.2) is 34.6 Å². The van der Waals surface area contributed by atoms with Crippen molar-refractivity contribution in [3.8, 4) is 0 Å². The molecule has 1 atom stereocenters. The number of hydrogen-bond donors (Lipinski definition) is 3. The van der Waals surface area contributed by atoms with Crippen LogP contribution < -0.4 is 10.6 Å². The minimum Gasteiger partial charge on any atom is -0.396 e. The second kappa shape index (κ2) is 7.07. The standard InChI is InChI=1S/C11H17N3O3S/c1-3-8(4-5-15)13-10(17)9-6-18-11(14-9)12-7(2)16/h6,8,15H,3-5H2,1-2H3,(H,13,17)(H,12,14,16). The number of carbonyl (C=O) groups excluding carboxylic acids is 2. The summed E-state index contributed by atoms with van der Waals surface area (Å²) in [7, 11) is 0. The van der Waals surface area contributed by atoms with Gasteiger partial charge in [0.2, 0.25) is 5.91 Å². The minimum absolute atomic E-state index is 0.0347. The monoisotopic (exact) mass is 271 g/mol. The lowest BCUT2D eigenvalue weighted by molar-refractivity contribution is -0.114. The van der Waals surface area contributed by atoms with E-state index in [1.165, 1.54) is 18.3 Å². The molecule has 100 valence electrons. The van der Waals surface area contributed by atoms with Crippen molar-refractivity contribution in [3.63, 3.8) is 0 Å². The molecule has 6 nitrogen and oxygen atoms in total. The lowest BCUT2D eigenvalue weighted by Crippen LogP contribution is -2.35. The maximum atomic E-state index is 11.8. The van der Waals surface area contributed by atoms with E-state index in [1.807, 2.05) is 6.92 Å². The van der Waals surface area contributed by atoms with E-state index in [0.29, 0.717) is 11.6 Å². The molecule has 0 fully saturated rings. The third-order valence-electron chi connectivity index (χ3n) is 2.33. The fourth-order valence-electron chi connectivity index (χ4n) is 1.38. The van der Waals surface area contributed by atoms with Gasteiger partial charge < -0.3 is 15.7 Å². The number of nitrogens with one attached hydrogen (secondary N) is 2. The molecule has 0 aliphatic rings. The number of amides is 2. The van der Waals surface area contributed by atoms with Crippen LogP contribution in [-0.2, 0) is 4.79 Å². The van der Waals surface area contributed by atoms with Gasteiger partial charge in [-0.15, -0.1) is 11.3 Å². The molecule has 1 aromatic rings. The molecule has 0 aromatic carbocycles. The first kappa shape index (κ1) is 14.6. The second-order valence-corrected chi connectivity index (χ2v) is 4.67. The Balaban J connectivity index is 2.60. The van der Waals surface area contributed by atoms with Crippen molar-refractivity contribution in [3.05, 3.63) is 11.1 Å². The highest BCUT2D eigenvalue weighted by Gasteiger charge is 2.15. The Morgan fingerprint density at radius 3 is 2.83 bits per heavy atom. The highest BCUT2D eigenvalue weighted by atomic mass is 32.1. The zero-order chi connectivity index (χ0) is 13.5. The van der Waals surface area contributed by atoms with Gasteiger partial charge in [-0.25, -0.2) is 4.98 Å². The van der Waals surface area contributed by atoms with Crippen molar-refractivity contribution in [2.24, 2.45) is 0 Å². The van der Waals surface area contributed by atoms with Crippen molar-refractivity contribution in [2.75, 3.05) is 11.9 Å². The summed E-state index contributed by atoms with van der Waals surface area (Å²) < 4.78 is 0. The number of nitrogens with zero attached hydrogens (tertiary/aromatic N) is 1. The number of aromatic nitrogens is 1. The van der Waals surface area contributed by atoms with Gasteiger partial charge in [-0.2, -0.15) is 0 Å². The summed E-state index contributed by atoms with van der Waals surface area (Å²) in [5.74, 6) is -0.508. The zero-order valence-corrected chi connectivity index (χ0v) is 11.2. The Hall–Kier alpha value is -1.47. The van der Waals surface area contributed by atoms with Gasteiger partial charge in [-0.3, -0.25) is 9.59 Å². The van der Waals surface area contributed by atoms with Gasteiger partial charge in [0.15, 0.2) is 5.13 Å². The highest BCUT2D eigenvalue weighted by Crippen LogP contribution is 2.15. The molecule has 1 rings (SSSR count). The molecule has 2 amide bonds. The summed E-state index contributed by atoms with van der Waals surface area (Å²) in [6.07, 6.45) is 1.26. The van der Waals surface area contributed by atoms with E-state index in [2.05, 4.69) is 15.6 Å². The summed E-state index contributed by atoms with van der Waals surface area (Å²) >= 11 is 1.20. The van der Waals surface area contributed by atoms with E-state index in [-0.39, 0.29) is 30.2 Å². The van der Waals surface area contributed by atoms with E-state index in [9.17, 15) is 9.59 Å². The van der Waals surface area contributed by atoms with Gasteiger partial charge in [-0.05, 0) is 12.8 Å². The predicted molar refractivity (Wildman–Crippen MR) is 69.7 cm³/mol. The normalized spacial score (nSPS) is 11.9. The lowest BCUT2D eigenvalue weighted by atomic mass is 10.1. The molecule has 0 saturated carbocycles. The Labute approximate surface area is 109 Å². The Kier molecular flexibility index (Phi) is 5.73. The molecule has 18 heavy (non-hydrogen) atoms. The summed E-state index contributed by atoms with van der Waals surface area (Å²) in [6, 6.07) is -0.0617. The molecule has 3 N–H and O–H groups in total. The van der Waals surface area contributed by atoms with Crippen LogP contribution in [0.25, 0.3) is 0 Å². The van der Waals surface area contributed by atoms with E-state index in [0.717, 1.165) is 6.42 Å². The molecule has 7 heteroatoms. The van der Waals surface area contributed by atoms with E-state index in [1.54, 1.807) is 5.38 Å². The summed E-state index contributed by atoms with van der Waals surface area (Å²) in [6.45, 7) is 3.35. The molecule has 0 aliphatic carbocycles. The number of aliphatic hydroxyl groups excluding tert-OH is 1. The molecule has 1 unspecified atom stereocenters. The summed E-state index contributed by atoms with van der Waals surface area (Å²) in [5.41, 5.74) is 0.278. The molecule has 1 aromatic heterocycles. The molecule has 0 radical (unpaired) electrons. The Morgan fingerprint density at radius 2 is 2.28 bits per heavy atom. The van der Waals surface area contributed by atoms with Gasteiger partial charge in [-0.1, -0.05) is 6.92 Å². The molecule has 0 spiro atoms. The first-order valence-corrected chi connectivity index (χ1v) is 6.59. The maximum Gasteiger partial charge on any atom is 0.271 e. The summed E-state index contributed by atoms with van der Waals surface area (Å²) in [4.78, 5) is 26.7. The van der Waals surface area contributed by atoms with Gasteiger partial charge in [0.25, 0.3) is 5.91 Å². The Morgan fingerprint density at radius 1 is 1.56 bits per heavy atom. The predicted octanol–water partition coefficient (Wildman–Crippen LogP) is 0.992. The van der Waals surface area contributed by atoms with Gasteiger partial charge in [0, 0.05) is 25.0 Å². The molecule has 0 bridgehead atoms. The van der Waals surface area contributed by atoms with Crippen molar-refractivity contribution in [1.29, 1.82) is 0 Å². The molecule has 0 aliphatic heterocycles. The van der Waals surface area contributed by atoms with Gasteiger partial charge >= 0.3 is 0 Å². The van der Waals surface area contributed by atoms with E-state index < -0.39 is 0 Å². The van der Waals surface area contributed by atoms with Crippen molar-refractivity contribution < 1.29 is 14.7 Å². The van der Waals surface area contributed by atoms with Crippen LogP contribution in [0.3, 0.4) is 0 Å². The van der Waals surface area contributed by atoms with Crippen molar-refractivity contribution >= 4 is 28.3 Å². The third-order valence-corrected chi connectivity index (χ3v) is 3.08. The number of hydrogen-bond acceptors (Lipinski definition) is 5. The fraction of sp³-hybridized carbons (Fsp3) is 0.545. The number of anilines is 1. The quantitative estimate of drug-likeness (QED) is 0.719. The van der Waals surface area contributed by atoms with Gasteiger partial charge in [0.1, 0.15) is 5.69 Å². The molecule has 0 saturated heterocycles. The largest absolute Gasteiger partial charge is 0.396 e. The maximum absolute atomic E-state index is 11.8. The van der Waals surface area contributed by atoms with Crippen LogP contribution in [0.5, 0.6) is 0 Å². The average molecular weight is 271 g/mol. The van der Waals surface area contributed by atoms with Crippen LogP contribution in [0.1, 0.15) is 37.2 Å². The number of carbonyl (C=O) groups is 2. The zero-order valence-electron chi connectivity index (χ0n) is 10.4. The smallest absolute Gasteiger partial charge is 0.271 e. The molecule has 1 heterocycles. The van der Waals surface area contributed by atoms with Crippen LogP contribution in [0, 0.1) is 0 Å². The fourth-order valence-corrected chi connectivity index (χ4v) is 2.12. The first-order valence-electron chi connectivity index (χ1n) is 5.71. The SMILES string of the molecule is CCC(CCO)NC(=O)c1csc(NC(C)=O)n1. The van der Waals surface area contributed by atoms with Crippen molar-refractivity contribution in [1.82, 2.24) is 10.3 Å². The average Bonchev–Trinajstić information content (AvgIpc) is 2.76. The number of aliphatic hydroxyl groups is 1. The molecular weight excluding hydrogens is 254 g/mol. The van der Waals surface area contributed by atoms with Crippen LogP contribution in [0.2, 0.25) is 0 Å². The van der Waals surface area contributed by atoms with Gasteiger partial charge in [0.05, 0.1) is 0 Å². The summed E-state index contributed by atoms with van der Waals surface area (Å²) in [5, 5.41) is 16.1. The van der Waals surface area contributed by atoms with E-state index >= 15 is 0 Å². The molecular formula is C11H17N3O3S. The van der Waals surface area contributed by atoms with E-state index in [4.69, 9.17) is 5.11 Å².